The van der Waals surface area contributed by atoms with Gasteiger partial charge in [-0.2, -0.15) is 0 Å². The number of hydrogen-bond donors (Lipinski definition) is 2. The molecular weight excluding hydrogens is 252 g/mol. The quantitative estimate of drug-likeness (QED) is 0.780. The lowest BCUT2D eigenvalue weighted by Crippen LogP contribution is -2.43. The first-order chi connectivity index (χ1) is 8.17. The molecule has 2 atom stereocenters. The lowest BCUT2D eigenvalue weighted by Gasteiger charge is -2.21. The summed E-state index contributed by atoms with van der Waals surface area (Å²) in [6.45, 7) is 4.85. The minimum Gasteiger partial charge on any atom is -0.383 e. The van der Waals surface area contributed by atoms with Crippen molar-refractivity contribution in [1.29, 1.82) is 0 Å². The largest absolute Gasteiger partial charge is 0.383 e. The van der Waals surface area contributed by atoms with Gasteiger partial charge in [-0.05, 0) is 37.0 Å². The highest BCUT2D eigenvalue weighted by molar-refractivity contribution is 7.80. The molecule has 96 valence electrons. The predicted octanol–water partition coefficient (Wildman–Crippen LogP) is 2.70. The number of methoxy groups -OCH3 is 1. The third-order valence-corrected chi connectivity index (χ3v) is 3.62. The van der Waals surface area contributed by atoms with Crippen LogP contribution in [0.15, 0.2) is 17.5 Å². The van der Waals surface area contributed by atoms with E-state index in [0.717, 1.165) is 6.42 Å². The van der Waals surface area contributed by atoms with Crippen molar-refractivity contribution in [2.24, 2.45) is 0 Å². The molecule has 0 aliphatic carbocycles. The van der Waals surface area contributed by atoms with Gasteiger partial charge < -0.3 is 15.4 Å². The van der Waals surface area contributed by atoms with Crippen molar-refractivity contribution < 1.29 is 4.74 Å². The van der Waals surface area contributed by atoms with Gasteiger partial charge in [0.05, 0.1) is 12.6 Å². The molecule has 0 spiro atoms. The van der Waals surface area contributed by atoms with Crippen LogP contribution in [0, 0.1) is 0 Å². The van der Waals surface area contributed by atoms with Gasteiger partial charge in [0.2, 0.25) is 0 Å². The summed E-state index contributed by atoms with van der Waals surface area (Å²) < 4.78 is 5.06. The fraction of sp³-hybridized carbons (Fsp3) is 0.583. The molecule has 0 radical (unpaired) electrons. The molecule has 17 heavy (non-hydrogen) atoms. The molecule has 0 fully saturated rings. The maximum Gasteiger partial charge on any atom is 0.167 e. The Morgan fingerprint density at radius 3 is 2.82 bits per heavy atom. The molecule has 0 amide bonds. The number of thiophene rings is 1. The van der Waals surface area contributed by atoms with E-state index in [1.807, 2.05) is 6.92 Å². The minimum atomic E-state index is 0.223. The maximum absolute atomic E-state index is 5.29. The van der Waals surface area contributed by atoms with Gasteiger partial charge >= 0.3 is 0 Å². The molecule has 1 aromatic rings. The van der Waals surface area contributed by atoms with E-state index < -0.39 is 0 Å². The first-order valence-electron chi connectivity index (χ1n) is 5.76. The fourth-order valence-corrected chi connectivity index (χ4v) is 2.78. The standard InChI is InChI=1S/C12H20N2OS2/c1-4-10(11-6-5-7-17-11)14-12(16)13-9(2)8-15-3/h5-7,9-10H,4,8H2,1-3H3,(H2,13,14,16). The van der Waals surface area contributed by atoms with E-state index in [4.69, 9.17) is 17.0 Å². The lowest BCUT2D eigenvalue weighted by atomic mass is 10.2. The highest BCUT2D eigenvalue weighted by atomic mass is 32.1. The Morgan fingerprint density at radius 1 is 1.53 bits per heavy atom. The summed E-state index contributed by atoms with van der Waals surface area (Å²) >= 11 is 7.04. The lowest BCUT2D eigenvalue weighted by molar-refractivity contribution is 0.179. The van der Waals surface area contributed by atoms with Crippen molar-refractivity contribution in [1.82, 2.24) is 10.6 Å². The summed E-state index contributed by atoms with van der Waals surface area (Å²) in [7, 11) is 1.69. The molecule has 0 aliphatic heterocycles. The van der Waals surface area contributed by atoms with E-state index in [0.29, 0.717) is 17.8 Å². The summed E-state index contributed by atoms with van der Waals surface area (Å²) in [5.74, 6) is 0. The van der Waals surface area contributed by atoms with Gasteiger partial charge in [0.15, 0.2) is 5.11 Å². The van der Waals surface area contributed by atoms with Crippen LogP contribution in [0.25, 0.3) is 0 Å². The van der Waals surface area contributed by atoms with Crippen LogP contribution in [0.5, 0.6) is 0 Å². The second-order valence-electron chi connectivity index (χ2n) is 3.95. The topological polar surface area (TPSA) is 33.3 Å². The van der Waals surface area contributed by atoms with Crippen molar-refractivity contribution in [3.63, 3.8) is 0 Å². The zero-order valence-corrected chi connectivity index (χ0v) is 12.2. The summed E-state index contributed by atoms with van der Waals surface area (Å²) in [6.07, 6.45) is 1.01. The second kappa shape index (κ2) is 7.63. The zero-order valence-electron chi connectivity index (χ0n) is 10.5. The summed E-state index contributed by atoms with van der Waals surface area (Å²) in [5, 5.41) is 9.32. The fourth-order valence-electron chi connectivity index (χ4n) is 1.58. The molecule has 2 unspecified atom stereocenters. The van der Waals surface area contributed by atoms with Crippen molar-refractivity contribution in [2.75, 3.05) is 13.7 Å². The van der Waals surface area contributed by atoms with Crippen LogP contribution >= 0.6 is 23.6 Å². The number of thiocarbonyl (C=S) groups is 1. The highest BCUT2D eigenvalue weighted by Crippen LogP contribution is 2.21. The second-order valence-corrected chi connectivity index (χ2v) is 5.34. The van der Waals surface area contributed by atoms with Gasteiger partial charge in [-0.3, -0.25) is 0 Å². The maximum atomic E-state index is 5.29. The number of hydrogen-bond acceptors (Lipinski definition) is 3. The summed E-state index contributed by atoms with van der Waals surface area (Å²) in [6, 6.07) is 4.71. The Bertz CT molecular complexity index is 327. The molecule has 5 heteroatoms. The van der Waals surface area contributed by atoms with Crippen LogP contribution < -0.4 is 10.6 Å². The third kappa shape index (κ3) is 5.02. The number of ether oxygens (including phenoxy) is 1. The van der Waals surface area contributed by atoms with Crippen LogP contribution in [0.3, 0.4) is 0 Å². The van der Waals surface area contributed by atoms with E-state index in [9.17, 15) is 0 Å². The highest BCUT2D eigenvalue weighted by Gasteiger charge is 2.12. The monoisotopic (exact) mass is 272 g/mol. The van der Waals surface area contributed by atoms with Crippen molar-refractivity contribution in [3.8, 4) is 0 Å². The Kier molecular flexibility index (Phi) is 6.47. The Morgan fingerprint density at radius 2 is 2.29 bits per heavy atom. The first kappa shape index (κ1) is 14.4. The van der Waals surface area contributed by atoms with E-state index in [1.165, 1.54) is 4.88 Å². The Hall–Kier alpha value is -0.650. The Labute approximate surface area is 113 Å². The minimum absolute atomic E-state index is 0.223. The molecule has 0 saturated carbocycles. The van der Waals surface area contributed by atoms with E-state index in [-0.39, 0.29) is 6.04 Å². The first-order valence-corrected chi connectivity index (χ1v) is 7.05. The van der Waals surface area contributed by atoms with Gasteiger partial charge in [0, 0.05) is 18.0 Å². The molecule has 0 saturated heterocycles. The van der Waals surface area contributed by atoms with Crippen molar-refractivity contribution in [2.45, 2.75) is 32.4 Å². The Balaban J connectivity index is 2.43. The van der Waals surface area contributed by atoms with Crippen LogP contribution in [-0.4, -0.2) is 24.9 Å². The number of rotatable bonds is 6. The van der Waals surface area contributed by atoms with Crippen LogP contribution in [0.4, 0.5) is 0 Å². The van der Waals surface area contributed by atoms with E-state index in [2.05, 4.69) is 35.1 Å². The smallest absolute Gasteiger partial charge is 0.167 e. The molecule has 0 bridgehead atoms. The predicted molar refractivity (Wildman–Crippen MR) is 77.6 cm³/mol. The van der Waals surface area contributed by atoms with Crippen molar-refractivity contribution in [3.05, 3.63) is 22.4 Å². The molecule has 1 rings (SSSR count). The molecule has 1 aromatic heterocycles. The molecule has 0 aliphatic rings. The SMILES string of the molecule is CCC(NC(=S)NC(C)COC)c1cccs1. The van der Waals surface area contributed by atoms with Crippen LogP contribution in [0.2, 0.25) is 0 Å². The average Bonchev–Trinajstić information content (AvgIpc) is 2.79. The van der Waals surface area contributed by atoms with Gasteiger partial charge in [0.1, 0.15) is 0 Å². The molecule has 2 N–H and O–H groups in total. The average molecular weight is 272 g/mol. The van der Waals surface area contributed by atoms with Crippen molar-refractivity contribution >= 4 is 28.7 Å². The summed E-state index contributed by atoms with van der Waals surface area (Å²) in [4.78, 5) is 1.32. The summed E-state index contributed by atoms with van der Waals surface area (Å²) in [5.41, 5.74) is 0. The third-order valence-electron chi connectivity index (χ3n) is 2.39. The van der Waals surface area contributed by atoms with E-state index in [1.54, 1.807) is 18.4 Å². The molecule has 3 nitrogen and oxygen atoms in total. The normalized spacial score (nSPS) is 14.1. The molecular formula is C12H20N2OS2. The molecule has 1 heterocycles. The zero-order chi connectivity index (χ0) is 12.7. The van der Waals surface area contributed by atoms with Gasteiger partial charge in [-0.15, -0.1) is 11.3 Å². The van der Waals surface area contributed by atoms with E-state index >= 15 is 0 Å². The van der Waals surface area contributed by atoms with Gasteiger partial charge in [0.25, 0.3) is 0 Å². The number of nitrogens with one attached hydrogen (secondary N) is 2. The van der Waals surface area contributed by atoms with Crippen LogP contribution in [-0.2, 0) is 4.74 Å². The van der Waals surface area contributed by atoms with Gasteiger partial charge in [-0.25, -0.2) is 0 Å². The van der Waals surface area contributed by atoms with Gasteiger partial charge in [-0.1, -0.05) is 13.0 Å². The van der Waals surface area contributed by atoms with Crippen LogP contribution in [0.1, 0.15) is 31.2 Å². The molecule has 0 aromatic carbocycles.